The van der Waals surface area contributed by atoms with Crippen molar-refractivity contribution in [3.05, 3.63) is 12.4 Å². The average Bonchev–Trinajstić information content (AvgIpc) is 2.14. The molecule has 0 atom stereocenters. The Bertz CT molecular complexity index is 107. The Hall–Kier alpha value is -0.0100. The normalized spacial score (nSPS) is 18.2. The molecule has 0 aromatic heterocycles. The van der Waals surface area contributed by atoms with Crippen molar-refractivity contribution in [1.29, 1.82) is 0 Å². The van der Waals surface area contributed by atoms with Crippen LogP contribution in [0.5, 0.6) is 0 Å². The Kier molecular flexibility index (Phi) is 1.92. The molecule has 46 valence electrons. The van der Waals surface area contributed by atoms with Crippen molar-refractivity contribution in [2.75, 3.05) is 6.67 Å². The summed E-state index contributed by atoms with van der Waals surface area (Å²) in [6.45, 7) is 0.678. The van der Waals surface area contributed by atoms with Crippen molar-refractivity contribution in [3.8, 4) is 0 Å². The summed E-state index contributed by atoms with van der Waals surface area (Å²) in [5.41, 5.74) is 1.99. The predicted octanol–water partition coefficient (Wildman–Crippen LogP) is 0.276. The first-order valence-electron chi connectivity index (χ1n) is 2.10. The van der Waals surface area contributed by atoms with Crippen LogP contribution >= 0.6 is 22.9 Å². The van der Waals surface area contributed by atoms with Crippen LogP contribution in [0.25, 0.3) is 0 Å². The minimum Gasteiger partial charge on any atom is -0.300 e. The van der Waals surface area contributed by atoms with Gasteiger partial charge in [-0.25, -0.2) is 0 Å². The summed E-state index contributed by atoms with van der Waals surface area (Å²) in [7, 11) is 0. The number of halogens is 1. The Labute approximate surface area is 61.2 Å². The zero-order chi connectivity index (χ0) is 5.98. The molecule has 0 bridgehead atoms. The largest absolute Gasteiger partial charge is 0.300 e. The van der Waals surface area contributed by atoms with Gasteiger partial charge in [-0.3, -0.25) is 13.3 Å². The van der Waals surface area contributed by atoms with E-state index in [0.29, 0.717) is 6.67 Å². The molecule has 0 amide bonds. The van der Waals surface area contributed by atoms with E-state index in [4.69, 9.17) is 5.21 Å². The van der Waals surface area contributed by atoms with Crippen LogP contribution in [0.3, 0.4) is 0 Å². The molecule has 4 nitrogen and oxygen atoms in total. The maximum Gasteiger partial charge on any atom is 0.116 e. The molecular weight excluding hydrogens is 221 g/mol. The molecule has 0 aromatic carbocycles. The summed E-state index contributed by atoms with van der Waals surface area (Å²) in [6, 6.07) is 0. The van der Waals surface area contributed by atoms with Crippen LogP contribution in [0.15, 0.2) is 12.4 Å². The van der Waals surface area contributed by atoms with Crippen LogP contribution in [0.2, 0.25) is 0 Å². The second-order valence-electron chi connectivity index (χ2n) is 1.41. The lowest BCUT2D eigenvalue weighted by molar-refractivity contribution is 0.0135. The third-order valence-electron chi connectivity index (χ3n) is 0.824. The van der Waals surface area contributed by atoms with E-state index in [9.17, 15) is 0 Å². The second kappa shape index (κ2) is 2.51. The van der Waals surface area contributed by atoms with Crippen LogP contribution in [0.4, 0.5) is 0 Å². The average molecular weight is 227 g/mol. The van der Waals surface area contributed by atoms with E-state index >= 15 is 0 Å². The zero-order valence-corrected chi connectivity index (χ0v) is 6.24. The molecule has 1 aliphatic rings. The Morgan fingerprint density at radius 2 is 2.38 bits per heavy atom. The number of nitrogens with zero attached hydrogens (tertiary/aromatic N) is 2. The first-order valence-corrected chi connectivity index (χ1v) is 3.06. The molecule has 0 saturated carbocycles. The summed E-state index contributed by atoms with van der Waals surface area (Å²) in [5, 5.41) is 9.83. The van der Waals surface area contributed by atoms with E-state index in [-0.39, 0.29) is 0 Å². The van der Waals surface area contributed by atoms with Crippen molar-refractivity contribution in [2.45, 2.75) is 0 Å². The third kappa shape index (κ3) is 1.23. The van der Waals surface area contributed by atoms with Crippen molar-refractivity contribution >= 4 is 22.9 Å². The molecule has 0 fully saturated rings. The lowest BCUT2D eigenvalue weighted by atomic mass is 10.9. The molecule has 1 aliphatic heterocycles. The molecule has 1 rings (SSSR count). The van der Waals surface area contributed by atoms with Crippen LogP contribution in [-0.4, -0.2) is 20.0 Å². The molecule has 8 heavy (non-hydrogen) atoms. The zero-order valence-electron chi connectivity index (χ0n) is 4.08. The number of rotatable bonds is 1. The first-order chi connectivity index (χ1) is 3.83. The molecule has 1 heterocycles. The van der Waals surface area contributed by atoms with Gasteiger partial charge in [0.15, 0.2) is 0 Å². The van der Waals surface area contributed by atoms with Gasteiger partial charge in [-0.2, -0.15) is 0 Å². The van der Waals surface area contributed by atoms with Crippen molar-refractivity contribution in [2.24, 2.45) is 0 Å². The molecule has 0 aromatic rings. The fourth-order valence-electron chi connectivity index (χ4n) is 0.458. The fraction of sp³-hybridized carbons (Fsp3) is 0.333. The highest BCUT2D eigenvalue weighted by Gasteiger charge is 2.05. The topological polar surface area (TPSA) is 38.7 Å². The predicted molar refractivity (Wildman–Crippen MR) is 36.6 cm³/mol. The van der Waals surface area contributed by atoms with Gasteiger partial charge in [0, 0.05) is 12.4 Å². The van der Waals surface area contributed by atoms with E-state index in [1.54, 1.807) is 11.2 Å². The third-order valence-corrected chi connectivity index (χ3v) is 1.45. The molecule has 2 N–H and O–H groups in total. The molecule has 0 aliphatic carbocycles. The van der Waals surface area contributed by atoms with Gasteiger partial charge in [0.25, 0.3) is 0 Å². The monoisotopic (exact) mass is 227 g/mol. The van der Waals surface area contributed by atoms with E-state index in [0.717, 1.165) is 0 Å². The van der Waals surface area contributed by atoms with Crippen molar-refractivity contribution in [1.82, 2.24) is 13.7 Å². The number of nitrogens with one attached hydrogen (secondary N) is 1. The summed E-state index contributed by atoms with van der Waals surface area (Å²) < 4.78 is 1.90. The smallest absolute Gasteiger partial charge is 0.116 e. The van der Waals surface area contributed by atoms with Gasteiger partial charge in [-0.15, -0.1) is 5.59 Å². The molecule has 0 spiro atoms. The van der Waals surface area contributed by atoms with Crippen LogP contribution in [0, 0.1) is 0 Å². The highest BCUT2D eigenvalue weighted by atomic mass is 127. The summed E-state index contributed by atoms with van der Waals surface area (Å²) in [5.74, 6) is 0. The van der Waals surface area contributed by atoms with Crippen LogP contribution < -0.4 is 5.59 Å². The van der Waals surface area contributed by atoms with E-state index in [1.807, 2.05) is 14.9 Å². The highest BCUT2D eigenvalue weighted by Crippen LogP contribution is 2.07. The lowest BCUT2D eigenvalue weighted by Crippen LogP contribution is -2.31. The SMILES string of the molecule is ONN1C=CN(I)C1. The molecule has 0 saturated heterocycles. The maximum atomic E-state index is 8.28. The molecular formula is C3H6IN3O. The Balaban J connectivity index is 2.34. The standard InChI is InChI=1S/C3H6IN3O/c4-6-1-2-7(3-6)5-8/h1-2,5,8H,3H2. The fourth-order valence-corrected chi connectivity index (χ4v) is 0.930. The van der Waals surface area contributed by atoms with E-state index < -0.39 is 0 Å². The van der Waals surface area contributed by atoms with Gasteiger partial charge in [0.05, 0.1) is 22.9 Å². The highest BCUT2D eigenvalue weighted by molar-refractivity contribution is 14.1. The van der Waals surface area contributed by atoms with Gasteiger partial charge in [0.2, 0.25) is 0 Å². The summed E-state index contributed by atoms with van der Waals surface area (Å²) in [4.78, 5) is 0. The summed E-state index contributed by atoms with van der Waals surface area (Å²) in [6.07, 6.45) is 3.59. The number of hydrogen-bond acceptors (Lipinski definition) is 4. The molecule has 0 radical (unpaired) electrons. The minimum atomic E-state index is 0.678. The van der Waals surface area contributed by atoms with Gasteiger partial charge in [-0.05, 0) is 0 Å². The lowest BCUT2D eigenvalue weighted by Gasteiger charge is -2.12. The first kappa shape index (κ1) is 6.12. The van der Waals surface area contributed by atoms with Gasteiger partial charge in [-0.1, -0.05) is 0 Å². The molecule has 0 unspecified atom stereocenters. The minimum absolute atomic E-state index is 0.678. The number of hydrogen-bond donors (Lipinski definition) is 2. The number of hydrazine groups is 1. The van der Waals surface area contributed by atoms with Gasteiger partial charge < -0.3 is 0 Å². The molecule has 5 heteroatoms. The van der Waals surface area contributed by atoms with Gasteiger partial charge >= 0.3 is 0 Å². The summed E-state index contributed by atoms with van der Waals surface area (Å²) >= 11 is 2.12. The maximum absolute atomic E-state index is 8.28. The van der Waals surface area contributed by atoms with Gasteiger partial charge in [0.1, 0.15) is 6.67 Å². The van der Waals surface area contributed by atoms with E-state index in [2.05, 4.69) is 22.9 Å². The van der Waals surface area contributed by atoms with Crippen LogP contribution in [-0.2, 0) is 0 Å². The van der Waals surface area contributed by atoms with Crippen LogP contribution in [0.1, 0.15) is 0 Å². The Morgan fingerprint density at radius 3 is 2.62 bits per heavy atom. The quantitative estimate of drug-likeness (QED) is 0.383. The second-order valence-corrected chi connectivity index (χ2v) is 2.65. The van der Waals surface area contributed by atoms with Crippen molar-refractivity contribution in [3.63, 3.8) is 0 Å². The Morgan fingerprint density at radius 1 is 1.62 bits per heavy atom. The van der Waals surface area contributed by atoms with Crippen molar-refractivity contribution < 1.29 is 5.21 Å². The van der Waals surface area contributed by atoms with E-state index in [1.165, 1.54) is 0 Å².